The molecule has 1 atom stereocenters. The molecule has 1 aromatic heterocycles. The van der Waals surface area contributed by atoms with E-state index in [1.807, 2.05) is 7.05 Å². The minimum atomic E-state index is -0.211. The summed E-state index contributed by atoms with van der Waals surface area (Å²) < 4.78 is 2.32. The van der Waals surface area contributed by atoms with Gasteiger partial charge in [0.25, 0.3) is 0 Å². The number of guanidine groups is 1. The topological polar surface area (TPSA) is 101 Å². The number of primary amides is 1. The lowest BCUT2D eigenvalue weighted by molar-refractivity contribution is -0.119. The number of aryl methyl sites for hydroxylation is 2. The number of hydrogen-bond donors (Lipinski definition) is 2. The van der Waals surface area contributed by atoms with E-state index < -0.39 is 0 Å². The van der Waals surface area contributed by atoms with Crippen LogP contribution in [0.4, 0.5) is 0 Å². The van der Waals surface area contributed by atoms with Crippen molar-refractivity contribution in [1.29, 1.82) is 0 Å². The van der Waals surface area contributed by atoms with Gasteiger partial charge in [-0.2, -0.15) is 0 Å². The van der Waals surface area contributed by atoms with E-state index in [0.717, 1.165) is 75.9 Å². The SMILES string of the molecule is CN=C(NCCCc1nnc2n1CCCCC2)N1CCCC(CC(N)=O)C1. The van der Waals surface area contributed by atoms with Crippen LogP contribution in [0.25, 0.3) is 0 Å². The molecule has 27 heavy (non-hydrogen) atoms. The van der Waals surface area contributed by atoms with E-state index in [1.54, 1.807) is 0 Å². The first kappa shape index (κ1) is 19.6. The molecule has 3 N–H and O–H groups in total. The molecule has 8 heteroatoms. The molecule has 8 nitrogen and oxygen atoms in total. The lowest BCUT2D eigenvalue weighted by Gasteiger charge is -2.34. The van der Waals surface area contributed by atoms with Crippen LogP contribution in [0.2, 0.25) is 0 Å². The van der Waals surface area contributed by atoms with Crippen LogP contribution < -0.4 is 11.1 Å². The highest BCUT2D eigenvalue weighted by Crippen LogP contribution is 2.19. The van der Waals surface area contributed by atoms with Crippen molar-refractivity contribution in [2.24, 2.45) is 16.6 Å². The van der Waals surface area contributed by atoms with Crippen LogP contribution in [0.5, 0.6) is 0 Å². The molecule has 3 rings (SSSR count). The average Bonchev–Trinajstić information content (AvgIpc) is 2.88. The van der Waals surface area contributed by atoms with Gasteiger partial charge in [-0.05, 0) is 38.0 Å². The molecular formula is C19H33N7O. The number of nitrogens with one attached hydrogen (secondary N) is 1. The van der Waals surface area contributed by atoms with Gasteiger partial charge in [0.1, 0.15) is 11.6 Å². The van der Waals surface area contributed by atoms with E-state index in [4.69, 9.17) is 5.73 Å². The molecule has 0 bridgehead atoms. The number of fused-ring (bicyclic) bond motifs is 1. The summed E-state index contributed by atoms with van der Waals surface area (Å²) in [7, 11) is 1.82. The molecule has 2 aliphatic rings. The Labute approximate surface area is 161 Å². The molecule has 1 aromatic rings. The van der Waals surface area contributed by atoms with Gasteiger partial charge in [-0.3, -0.25) is 9.79 Å². The number of likely N-dealkylation sites (tertiary alicyclic amines) is 1. The van der Waals surface area contributed by atoms with E-state index in [1.165, 1.54) is 19.3 Å². The third kappa shape index (κ3) is 5.43. The van der Waals surface area contributed by atoms with Gasteiger partial charge in [-0.25, -0.2) is 0 Å². The van der Waals surface area contributed by atoms with Crippen LogP contribution in [-0.4, -0.2) is 58.2 Å². The smallest absolute Gasteiger partial charge is 0.217 e. The fourth-order valence-electron chi connectivity index (χ4n) is 4.22. The zero-order valence-corrected chi connectivity index (χ0v) is 16.5. The summed E-state index contributed by atoms with van der Waals surface area (Å²) in [6.45, 7) is 3.74. The van der Waals surface area contributed by atoms with Gasteiger partial charge in [0.15, 0.2) is 5.96 Å². The van der Waals surface area contributed by atoms with Crippen molar-refractivity contribution < 1.29 is 4.79 Å². The number of aromatic nitrogens is 3. The fraction of sp³-hybridized carbons (Fsp3) is 0.789. The number of carbonyl (C=O) groups is 1. The molecule has 1 fully saturated rings. The Bertz CT molecular complexity index is 654. The van der Waals surface area contributed by atoms with Crippen molar-refractivity contribution in [2.45, 2.75) is 64.3 Å². The van der Waals surface area contributed by atoms with E-state index in [0.29, 0.717) is 12.3 Å². The van der Waals surface area contributed by atoms with Crippen LogP contribution >= 0.6 is 0 Å². The van der Waals surface area contributed by atoms with Crippen LogP contribution in [-0.2, 0) is 24.2 Å². The average molecular weight is 376 g/mol. The maximum Gasteiger partial charge on any atom is 0.217 e. The summed E-state index contributed by atoms with van der Waals surface area (Å²) in [4.78, 5) is 17.9. The Morgan fingerprint density at radius 1 is 1.26 bits per heavy atom. The van der Waals surface area contributed by atoms with Crippen molar-refractivity contribution in [1.82, 2.24) is 25.0 Å². The third-order valence-electron chi connectivity index (χ3n) is 5.57. The number of aliphatic imine (C=N–C) groups is 1. The largest absolute Gasteiger partial charge is 0.370 e. The summed E-state index contributed by atoms with van der Waals surface area (Å²) in [5.41, 5.74) is 5.36. The summed E-state index contributed by atoms with van der Waals surface area (Å²) in [6.07, 6.45) is 9.32. The molecule has 2 aliphatic heterocycles. The van der Waals surface area contributed by atoms with Crippen LogP contribution in [0.15, 0.2) is 4.99 Å². The van der Waals surface area contributed by atoms with Gasteiger partial charge in [-0.15, -0.1) is 10.2 Å². The zero-order valence-electron chi connectivity index (χ0n) is 16.5. The predicted octanol–water partition coefficient (Wildman–Crippen LogP) is 1.10. The Balaban J connectivity index is 1.45. The number of rotatable bonds is 6. The first-order valence-electron chi connectivity index (χ1n) is 10.3. The van der Waals surface area contributed by atoms with Crippen LogP contribution in [0, 0.1) is 5.92 Å². The van der Waals surface area contributed by atoms with Crippen molar-refractivity contribution >= 4 is 11.9 Å². The van der Waals surface area contributed by atoms with Crippen molar-refractivity contribution in [2.75, 3.05) is 26.7 Å². The molecule has 0 saturated carbocycles. The number of carbonyl (C=O) groups excluding carboxylic acids is 1. The van der Waals surface area contributed by atoms with Crippen molar-refractivity contribution in [3.05, 3.63) is 11.6 Å². The van der Waals surface area contributed by atoms with Gasteiger partial charge in [0.05, 0.1) is 0 Å². The van der Waals surface area contributed by atoms with E-state index in [9.17, 15) is 4.79 Å². The van der Waals surface area contributed by atoms with E-state index in [2.05, 4.69) is 30.0 Å². The monoisotopic (exact) mass is 375 g/mol. The molecule has 150 valence electrons. The first-order chi connectivity index (χ1) is 13.2. The summed E-state index contributed by atoms with van der Waals surface area (Å²) in [5, 5.41) is 12.2. The Hall–Kier alpha value is -2.12. The fourth-order valence-corrected chi connectivity index (χ4v) is 4.22. The van der Waals surface area contributed by atoms with Crippen LogP contribution in [0.1, 0.15) is 56.6 Å². The van der Waals surface area contributed by atoms with Gasteiger partial charge >= 0.3 is 0 Å². The maximum absolute atomic E-state index is 11.2. The predicted molar refractivity (Wildman–Crippen MR) is 105 cm³/mol. The maximum atomic E-state index is 11.2. The van der Waals surface area contributed by atoms with E-state index in [-0.39, 0.29) is 5.91 Å². The first-order valence-corrected chi connectivity index (χ1v) is 10.3. The molecule has 1 saturated heterocycles. The lowest BCUT2D eigenvalue weighted by Crippen LogP contribution is -2.47. The molecule has 0 spiro atoms. The number of piperidine rings is 1. The van der Waals surface area contributed by atoms with Gasteiger partial charge in [-0.1, -0.05) is 6.42 Å². The Kier molecular flexibility index (Phi) is 7.06. The van der Waals surface area contributed by atoms with Crippen molar-refractivity contribution in [3.63, 3.8) is 0 Å². The summed E-state index contributed by atoms with van der Waals surface area (Å²) >= 11 is 0. The number of nitrogens with zero attached hydrogens (tertiary/aromatic N) is 5. The molecule has 0 radical (unpaired) electrons. The summed E-state index contributed by atoms with van der Waals surface area (Å²) in [5.74, 6) is 3.31. The molecule has 1 unspecified atom stereocenters. The number of nitrogens with two attached hydrogens (primary N) is 1. The quantitative estimate of drug-likeness (QED) is 0.440. The van der Waals surface area contributed by atoms with Crippen LogP contribution in [0.3, 0.4) is 0 Å². The summed E-state index contributed by atoms with van der Waals surface area (Å²) in [6, 6.07) is 0. The lowest BCUT2D eigenvalue weighted by atomic mass is 9.95. The Morgan fingerprint density at radius 3 is 2.96 bits per heavy atom. The minimum Gasteiger partial charge on any atom is -0.370 e. The number of hydrogen-bond acceptors (Lipinski definition) is 4. The third-order valence-corrected chi connectivity index (χ3v) is 5.57. The standard InChI is InChI=1S/C19H33N7O/c1-21-19(25-11-6-7-15(14-25)13-16(20)27)22-10-5-9-18-24-23-17-8-3-2-4-12-26(17)18/h15H,2-14H2,1H3,(H2,20,27)(H,21,22). The van der Waals surface area contributed by atoms with E-state index >= 15 is 0 Å². The molecule has 1 amide bonds. The van der Waals surface area contributed by atoms with Gasteiger partial charge < -0.3 is 20.5 Å². The highest BCUT2D eigenvalue weighted by molar-refractivity contribution is 5.80. The zero-order chi connectivity index (χ0) is 19.1. The Morgan fingerprint density at radius 2 is 2.15 bits per heavy atom. The molecule has 0 aromatic carbocycles. The molecule has 0 aliphatic carbocycles. The van der Waals surface area contributed by atoms with Gasteiger partial charge in [0.2, 0.25) is 5.91 Å². The normalized spacial score (nSPS) is 20.9. The minimum absolute atomic E-state index is 0.211. The molecular weight excluding hydrogens is 342 g/mol. The van der Waals surface area contributed by atoms with Gasteiger partial charge in [0, 0.05) is 52.5 Å². The second kappa shape index (κ2) is 9.71. The molecule has 3 heterocycles. The highest BCUT2D eigenvalue weighted by atomic mass is 16.1. The highest BCUT2D eigenvalue weighted by Gasteiger charge is 2.23. The van der Waals surface area contributed by atoms with Crippen molar-refractivity contribution in [3.8, 4) is 0 Å². The number of amides is 1. The second-order valence-electron chi connectivity index (χ2n) is 7.70. The second-order valence-corrected chi connectivity index (χ2v) is 7.70.